The highest BCUT2D eigenvalue weighted by Crippen LogP contribution is 2.40. The standard InChI is InChI=1S/C11H9Cl2N3OS/c12-8-7-5-3-4(9(14)17)1-2-6(5)18-10(7)16-11(13)15-8/h4H,1-3H2,(H2,14,17). The number of carbonyl (C=O) groups is 1. The lowest BCUT2D eigenvalue weighted by Gasteiger charge is -2.19. The van der Waals surface area contributed by atoms with Gasteiger partial charge >= 0.3 is 0 Å². The van der Waals surface area contributed by atoms with E-state index >= 15 is 0 Å². The summed E-state index contributed by atoms with van der Waals surface area (Å²) >= 11 is 13.5. The topological polar surface area (TPSA) is 68.9 Å². The van der Waals surface area contributed by atoms with Gasteiger partial charge in [-0.05, 0) is 36.4 Å². The van der Waals surface area contributed by atoms with Crippen LogP contribution in [-0.4, -0.2) is 15.9 Å². The van der Waals surface area contributed by atoms with Crippen LogP contribution in [0.1, 0.15) is 16.9 Å². The number of nitrogens with two attached hydrogens (primary N) is 1. The predicted molar refractivity (Wildman–Crippen MR) is 72.1 cm³/mol. The van der Waals surface area contributed by atoms with Gasteiger partial charge < -0.3 is 5.73 Å². The minimum atomic E-state index is -0.258. The summed E-state index contributed by atoms with van der Waals surface area (Å²) in [5.74, 6) is -0.381. The fourth-order valence-corrected chi connectivity index (χ4v) is 4.17. The molecule has 0 saturated carbocycles. The highest BCUT2D eigenvalue weighted by molar-refractivity contribution is 7.19. The van der Waals surface area contributed by atoms with Crippen LogP contribution >= 0.6 is 34.5 Å². The maximum Gasteiger partial charge on any atom is 0.225 e. The number of amides is 1. The minimum Gasteiger partial charge on any atom is -0.369 e. The molecule has 1 amide bonds. The maximum absolute atomic E-state index is 11.3. The zero-order valence-corrected chi connectivity index (χ0v) is 11.6. The van der Waals surface area contributed by atoms with Crippen molar-refractivity contribution in [1.29, 1.82) is 0 Å². The Morgan fingerprint density at radius 2 is 2.17 bits per heavy atom. The first-order valence-corrected chi connectivity index (χ1v) is 7.06. The second-order valence-corrected chi connectivity index (χ2v) is 6.09. The molecular formula is C11H9Cl2N3OS. The highest BCUT2D eigenvalue weighted by atomic mass is 35.5. The van der Waals surface area contributed by atoms with Crippen LogP contribution < -0.4 is 5.73 Å². The van der Waals surface area contributed by atoms with E-state index in [0.29, 0.717) is 11.6 Å². The van der Waals surface area contributed by atoms with Crippen molar-refractivity contribution in [2.45, 2.75) is 19.3 Å². The molecule has 2 heterocycles. The lowest BCUT2D eigenvalue weighted by molar-refractivity contribution is -0.122. The number of aryl methyl sites for hydroxylation is 1. The Morgan fingerprint density at radius 1 is 1.39 bits per heavy atom. The summed E-state index contributed by atoms with van der Waals surface area (Å²) in [5.41, 5.74) is 6.44. The average Bonchev–Trinajstić information content (AvgIpc) is 2.65. The third-order valence-electron chi connectivity index (χ3n) is 3.24. The molecule has 0 spiro atoms. The van der Waals surface area contributed by atoms with Gasteiger partial charge in [0.25, 0.3) is 0 Å². The van der Waals surface area contributed by atoms with Crippen molar-refractivity contribution in [2.75, 3.05) is 0 Å². The molecule has 18 heavy (non-hydrogen) atoms. The fraction of sp³-hybridized carbons (Fsp3) is 0.364. The Balaban J connectivity index is 2.18. The Hall–Kier alpha value is -0.910. The van der Waals surface area contributed by atoms with Crippen LogP contribution in [0.4, 0.5) is 0 Å². The summed E-state index contributed by atoms with van der Waals surface area (Å²) in [7, 11) is 0. The molecule has 0 saturated heterocycles. The third-order valence-corrected chi connectivity index (χ3v) is 4.86. The number of nitrogens with zero attached hydrogens (tertiary/aromatic N) is 2. The van der Waals surface area contributed by atoms with E-state index in [1.54, 1.807) is 11.3 Å². The molecule has 2 aromatic rings. The smallest absolute Gasteiger partial charge is 0.225 e. The van der Waals surface area contributed by atoms with Gasteiger partial charge in [0, 0.05) is 10.8 Å². The molecule has 1 aliphatic carbocycles. The van der Waals surface area contributed by atoms with Crippen LogP contribution in [0.5, 0.6) is 0 Å². The molecule has 7 heteroatoms. The largest absolute Gasteiger partial charge is 0.369 e. The minimum absolute atomic E-state index is 0.123. The number of carbonyl (C=O) groups excluding carboxylic acids is 1. The van der Waals surface area contributed by atoms with E-state index < -0.39 is 0 Å². The average molecular weight is 302 g/mol. The van der Waals surface area contributed by atoms with Gasteiger partial charge in [-0.25, -0.2) is 9.97 Å². The summed E-state index contributed by atoms with van der Waals surface area (Å²) in [6.07, 6.45) is 2.24. The number of primary amides is 1. The molecule has 4 nitrogen and oxygen atoms in total. The molecule has 1 aliphatic rings. The third kappa shape index (κ3) is 1.86. The first kappa shape index (κ1) is 12.1. The SMILES string of the molecule is NC(=O)C1CCc2sc3nc(Cl)nc(Cl)c3c2C1. The zero-order valence-electron chi connectivity index (χ0n) is 9.24. The van der Waals surface area contributed by atoms with Crippen molar-refractivity contribution in [3.8, 4) is 0 Å². The van der Waals surface area contributed by atoms with E-state index in [0.717, 1.165) is 28.6 Å². The Kier molecular flexibility index (Phi) is 2.92. The van der Waals surface area contributed by atoms with E-state index in [1.807, 2.05) is 0 Å². The van der Waals surface area contributed by atoms with Crippen molar-refractivity contribution >= 4 is 50.7 Å². The van der Waals surface area contributed by atoms with Crippen LogP contribution in [-0.2, 0) is 17.6 Å². The number of fused-ring (bicyclic) bond motifs is 3. The highest BCUT2D eigenvalue weighted by Gasteiger charge is 2.28. The lowest BCUT2D eigenvalue weighted by atomic mass is 9.87. The number of halogens is 2. The predicted octanol–water partition coefficient (Wildman–Crippen LogP) is 2.59. The molecule has 0 aromatic carbocycles. The van der Waals surface area contributed by atoms with Gasteiger partial charge in [0.05, 0.1) is 5.39 Å². The quantitative estimate of drug-likeness (QED) is 0.650. The molecule has 0 fully saturated rings. The molecule has 2 aromatic heterocycles. The first-order chi connectivity index (χ1) is 8.56. The van der Waals surface area contributed by atoms with E-state index in [9.17, 15) is 4.79 Å². The number of aromatic nitrogens is 2. The first-order valence-electron chi connectivity index (χ1n) is 5.49. The van der Waals surface area contributed by atoms with Gasteiger partial charge in [-0.2, -0.15) is 0 Å². The van der Waals surface area contributed by atoms with Gasteiger partial charge in [-0.1, -0.05) is 11.6 Å². The summed E-state index contributed by atoms with van der Waals surface area (Å²) < 4.78 is 0. The Morgan fingerprint density at radius 3 is 2.89 bits per heavy atom. The van der Waals surface area contributed by atoms with E-state index in [1.165, 1.54) is 4.88 Å². The number of rotatable bonds is 1. The molecule has 0 bridgehead atoms. The van der Waals surface area contributed by atoms with Gasteiger partial charge in [-0.3, -0.25) is 4.79 Å². The van der Waals surface area contributed by atoms with Crippen molar-refractivity contribution in [1.82, 2.24) is 9.97 Å². The van der Waals surface area contributed by atoms with Crippen LogP contribution in [0, 0.1) is 5.92 Å². The van der Waals surface area contributed by atoms with Gasteiger partial charge in [0.15, 0.2) is 0 Å². The summed E-state index contributed by atoms with van der Waals surface area (Å²) in [6, 6.07) is 0. The normalized spacial score (nSPS) is 18.9. The molecule has 0 aliphatic heterocycles. The molecule has 1 atom stereocenters. The monoisotopic (exact) mass is 301 g/mol. The second kappa shape index (κ2) is 4.33. The number of thiophene rings is 1. The van der Waals surface area contributed by atoms with Crippen molar-refractivity contribution < 1.29 is 4.79 Å². The van der Waals surface area contributed by atoms with Crippen molar-refractivity contribution in [2.24, 2.45) is 11.7 Å². The van der Waals surface area contributed by atoms with E-state index in [-0.39, 0.29) is 17.1 Å². The van der Waals surface area contributed by atoms with Gasteiger partial charge in [0.2, 0.25) is 11.2 Å². The van der Waals surface area contributed by atoms with Gasteiger partial charge in [-0.15, -0.1) is 11.3 Å². The maximum atomic E-state index is 11.3. The molecule has 94 valence electrons. The fourth-order valence-electron chi connectivity index (χ4n) is 2.35. The van der Waals surface area contributed by atoms with Gasteiger partial charge in [0.1, 0.15) is 9.98 Å². The van der Waals surface area contributed by atoms with Crippen LogP contribution in [0.25, 0.3) is 10.2 Å². The molecular weight excluding hydrogens is 293 g/mol. The summed E-state index contributed by atoms with van der Waals surface area (Å²) in [4.78, 5) is 21.4. The van der Waals surface area contributed by atoms with Crippen LogP contribution in [0.3, 0.4) is 0 Å². The van der Waals surface area contributed by atoms with E-state index in [4.69, 9.17) is 28.9 Å². The van der Waals surface area contributed by atoms with Crippen LogP contribution in [0.15, 0.2) is 0 Å². The number of hydrogen-bond acceptors (Lipinski definition) is 4. The van der Waals surface area contributed by atoms with Crippen LogP contribution in [0.2, 0.25) is 10.4 Å². The number of hydrogen-bond donors (Lipinski definition) is 1. The lowest BCUT2D eigenvalue weighted by Crippen LogP contribution is -2.28. The molecule has 3 rings (SSSR count). The molecule has 1 unspecified atom stereocenters. The molecule has 0 radical (unpaired) electrons. The van der Waals surface area contributed by atoms with Crippen molar-refractivity contribution in [3.63, 3.8) is 0 Å². The second-order valence-electron chi connectivity index (χ2n) is 4.31. The Labute approximate surface area is 117 Å². The van der Waals surface area contributed by atoms with Crippen molar-refractivity contribution in [3.05, 3.63) is 20.9 Å². The summed E-state index contributed by atoms with van der Waals surface area (Å²) in [5, 5.41) is 1.33. The molecule has 2 N–H and O–H groups in total. The zero-order chi connectivity index (χ0) is 12.9. The Bertz CT molecular complexity index is 655. The summed E-state index contributed by atoms with van der Waals surface area (Å²) in [6.45, 7) is 0. The van der Waals surface area contributed by atoms with E-state index in [2.05, 4.69) is 9.97 Å².